The number of esters is 2. The van der Waals surface area contributed by atoms with Gasteiger partial charge in [-0.3, -0.25) is 18.6 Å². The lowest BCUT2D eigenvalue weighted by atomic mass is 9.84. The Kier molecular flexibility index (Phi) is 30.9. The van der Waals surface area contributed by atoms with E-state index in [0.29, 0.717) is 12.8 Å². The predicted molar refractivity (Wildman–Crippen MR) is 235 cm³/mol. The lowest BCUT2D eigenvalue weighted by Gasteiger charge is -2.47. The van der Waals surface area contributed by atoms with E-state index in [0.717, 1.165) is 51.4 Å². The van der Waals surface area contributed by atoms with E-state index in [1.54, 1.807) is 0 Å². The molecule has 2 fully saturated rings. The zero-order valence-corrected chi connectivity index (χ0v) is 39.2. The minimum atomic E-state index is -5.37. The molecule has 1 aliphatic heterocycles. The van der Waals surface area contributed by atoms with Crippen molar-refractivity contribution in [2.75, 3.05) is 19.8 Å². The smallest absolute Gasteiger partial charge is 0.462 e. The summed E-state index contributed by atoms with van der Waals surface area (Å²) in [6.45, 7) is 2.18. The Morgan fingerprint density at radius 1 is 0.578 bits per heavy atom. The van der Waals surface area contributed by atoms with Gasteiger partial charge in [-0.2, -0.15) is 0 Å². The van der Waals surface area contributed by atoms with Gasteiger partial charge < -0.3 is 64.7 Å². The molecule has 0 aromatic carbocycles. The van der Waals surface area contributed by atoms with Crippen LogP contribution in [-0.2, 0) is 42.1 Å². The second kappa shape index (κ2) is 33.8. The molecule has 1 heterocycles. The Morgan fingerprint density at radius 3 is 1.56 bits per heavy atom. The van der Waals surface area contributed by atoms with Gasteiger partial charge in [-0.1, -0.05) is 129 Å². The van der Waals surface area contributed by atoms with Crippen molar-refractivity contribution >= 4 is 19.8 Å². The second-order valence-electron chi connectivity index (χ2n) is 17.3. The number of unbranched alkanes of at least 4 members (excludes halogenated alkanes) is 19. The number of phosphoric acid groups is 1. The third-order valence-corrected chi connectivity index (χ3v) is 12.7. The van der Waals surface area contributed by atoms with Gasteiger partial charge >= 0.3 is 19.8 Å². The van der Waals surface area contributed by atoms with Gasteiger partial charge in [0, 0.05) is 12.8 Å². The van der Waals surface area contributed by atoms with Crippen molar-refractivity contribution in [3.05, 3.63) is 12.2 Å². The number of carbonyl (C=O) groups is 2. The van der Waals surface area contributed by atoms with Crippen LogP contribution in [0.3, 0.4) is 0 Å². The number of carbonyl (C=O) groups excluding carboxylic acids is 2. The van der Waals surface area contributed by atoms with Crippen molar-refractivity contribution in [2.24, 2.45) is 0 Å². The third-order valence-electron chi connectivity index (χ3n) is 11.7. The average molecular weight is 943 g/mol. The quantitative estimate of drug-likeness (QED) is 0.0180. The van der Waals surface area contributed by atoms with Crippen LogP contribution in [0.25, 0.3) is 0 Å². The van der Waals surface area contributed by atoms with Gasteiger partial charge in [0.25, 0.3) is 0 Å². The minimum absolute atomic E-state index is 0.0332. The number of hydrogen-bond acceptors (Lipinski definition) is 17. The van der Waals surface area contributed by atoms with E-state index in [2.05, 4.69) is 26.0 Å². The van der Waals surface area contributed by atoms with Crippen molar-refractivity contribution in [2.45, 2.75) is 241 Å². The number of aliphatic hydroxyl groups is 8. The number of rotatable bonds is 36. The predicted octanol–water partition coefficient (Wildman–Crippen LogP) is 4.54. The standard InChI is InChI=1S/C45H83O18P/c1-3-5-7-9-11-13-15-16-18-19-21-23-25-27-34(47)58-30-32(60-35(48)28-26-24-22-20-17-14-12-10-8-6-4-2)31-59-64(56,57)63-44-41(54)39(52)38(51)40(53)43(44)62-45-42(55)37(50)36(49)33(29-46)61-45/h16,18,32-33,36-46,49-55H,3-15,17,19-31H2,1-2H3,(H,56,57). The SMILES string of the molecule is CCCCCCCCC=CCCCCCC(=O)OCC(COP(=O)(O)OC1C(O)C(O)C(O)C(O)C1OC1OC(CO)C(O)C(O)C1O)OC(=O)CCCCCCCCCCCCC. The maximum atomic E-state index is 13.4. The molecule has 9 N–H and O–H groups in total. The Labute approximate surface area is 380 Å². The van der Waals surface area contributed by atoms with E-state index in [1.807, 2.05) is 0 Å². The lowest BCUT2D eigenvalue weighted by molar-refractivity contribution is -0.338. The highest BCUT2D eigenvalue weighted by molar-refractivity contribution is 7.47. The fraction of sp³-hybridized carbons (Fsp3) is 0.911. The van der Waals surface area contributed by atoms with Gasteiger partial charge in [-0.05, 0) is 38.5 Å². The summed E-state index contributed by atoms with van der Waals surface area (Å²) >= 11 is 0. The molecule has 19 heteroatoms. The van der Waals surface area contributed by atoms with E-state index < -0.39 is 113 Å². The fourth-order valence-corrected chi connectivity index (χ4v) is 8.66. The lowest BCUT2D eigenvalue weighted by Crippen LogP contribution is -2.67. The summed E-state index contributed by atoms with van der Waals surface area (Å²) in [5.41, 5.74) is 0. The molecule has 2 rings (SSSR count). The van der Waals surface area contributed by atoms with Crippen LogP contribution in [-0.4, -0.2) is 151 Å². The Morgan fingerprint density at radius 2 is 1.03 bits per heavy atom. The van der Waals surface area contributed by atoms with Crippen molar-refractivity contribution in [1.29, 1.82) is 0 Å². The molecular weight excluding hydrogens is 859 g/mol. The number of ether oxygens (including phenoxy) is 4. The Balaban J connectivity index is 1.98. The molecule has 0 radical (unpaired) electrons. The largest absolute Gasteiger partial charge is 0.472 e. The van der Waals surface area contributed by atoms with Crippen molar-refractivity contribution < 1.29 is 87.9 Å². The number of phosphoric ester groups is 1. The second-order valence-corrected chi connectivity index (χ2v) is 18.7. The highest BCUT2D eigenvalue weighted by atomic mass is 31.2. The molecule has 1 aliphatic carbocycles. The summed E-state index contributed by atoms with van der Waals surface area (Å²) in [6.07, 6.45) is 4.61. The molecular formula is C45H83O18P. The Hall–Kier alpha value is -1.61. The maximum absolute atomic E-state index is 13.4. The number of hydrogen-bond donors (Lipinski definition) is 9. The summed E-state index contributed by atoms with van der Waals surface area (Å²) in [5.74, 6) is -1.23. The van der Waals surface area contributed by atoms with Crippen LogP contribution in [0.2, 0.25) is 0 Å². The molecule has 13 unspecified atom stereocenters. The third kappa shape index (κ3) is 22.9. The van der Waals surface area contributed by atoms with Crippen LogP contribution in [0.5, 0.6) is 0 Å². The van der Waals surface area contributed by atoms with Gasteiger partial charge in [-0.25, -0.2) is 4.57 Å². The molecule has 0 spiro atoms. The zero-order valence-electron chi connectivity index (χ0n) is 38.3. The minimum Gasteiger partial charge on any atom is -0.462 e. The fourth-order valence-electron chi connectivity index (χ4n) is 7.70. The van der Waals surface area contributed by atoms with Gasteiger partial charge in [0.1, 0.15) is 67.6 Å². The molecule has 376 valence electrons. The molecule has 18 nitrogen and oxygen atoms in total. The van der Waals surface area contributed by atoms with E-state index in [4.69, 9.17) is 28.0 Å². The van der Waals surface area contributed by atoms with E-state index in [1.165, 1.54) is 77.0 Å². The molecule has 0 aromatic heterocycles. The van der Waals surface area contributed by atoms with Gasteiger partial charge in [0.15, 0.2) is 12.4 Å². The van der Waals surface area contributed by atoms with Crippen molar-refractivity contribution in [1.82, 2.24) is 0 Å². The molecule has 13 atom stereocenters. The summed E-state index contributed by atoms with van der Waals surface area (Å²) in [4.78, 5) is 36.4. The first-order chi connectivity index (χ1) is 30.7. The maximum Gasteiger partial charge on any atom is 0.472 e. The van der Waals surface area contributed by atoms with E-state index in [9.17, 15) is 59.9 Å². The van der Waals surface area contributed by atoms with Crippen LogP contribution in [0.1, 0.15) is 168 Å². The Bertz CT molecular complexity index is 1310. The van der Waals surface area contributed by atoms with E-state index in [-0.39, 0.29) is 12.8 Å². The normalized spacial score (nSPS) is 28.8. The molecule has 0 aromatic rings. The molecule has 0 amide bonds. The summed E-state index contributed by atoms with van der Waals surface area (Å²) in [7, 11) is -5.37. The zero-order chi connectivity index (χ0) is 47.3. The van der Waals surface area contributed by atoms with Crippen LogP contribution >= 0.6 is 7.82 Å². The average Bonchev–Trinajstić information content (AvgIpc) is 3.27. The molecule has 64 heavy (non-hydrogen) atoms. The number of allylic oxidation sites excluding steroid dienone is 2. The molecule has 1 saturated heterocycles. The summed E-state index contributed by atoms with van der Waals surface area (Å²) in [5, 5.41) is 82.8. The van der Waals surface area contributed by atoms with Crippen LogP contribution < -0.4 is 0 Å². The van der Waals surface area contributed by atoms with E-state index >= 15 is 0 Å². The molecule has 1 saturated carbocycles. The van der Waals surface area contributed by atoms with Crippen molar-refractivity contribution in [3.63, 3.8) is 0 Å². The topological polar surface area (TPSA) is 289 Å². The van der Waals surface area contributed by atoms with Crippen LogP contribution in [0.4, 0.5) is 0 Å². The first kappa shape index (κ1) is 58.5. The van der Waals surface area contributed by atoms with Gasteiger partial charge in [-0.15, -0.1) is 0 Å². The first-order valence-corrected chi connectivity index (χ1v) is 25.5. The first-order valence-electron chi connectivity index (χ1n) is 24.0. The summed E-state index contributed by atoms with van der Waals surface area (Å²) < 4.78 is 45.3. The number of aliphatic hydroxyl groups excluding tert-OH is 8. The molecule has 2 aliphatic rings. The van der Waals surface area contributed by atoms with Gasteiger partial charge in [0.05, 0.1) is 13.2 Å². The highest BCUT2D eigenvalue weighted by Gasteiger charge is 2.55. The monoisotopic (exact) mass is 943 g/mol. The van der Waals surface area contributed by atoms with Gasteiger partial charge in [0.2, 0.25) is 0 Å². The van der Waals surface area contributed by atoms with Crippen LogP contribution in [0, 0.1) is 0 Å². The van der Waals surface area contributed by atoms with Crippen molar-refractivity contribution in [3.8, 4) is 0 Å². The molecule has 0 bridgehead atoms. The highest BCUT2D eigenvalue weighted by Crippen LogP contribution is 2.48. The summed E-state index contributed by atoms with van der Waals surface area (Å²) in [6, 6.07) is 0. The van der Waals surface area contributed by atoms with Crippen LogP contribution in [0.15, 0.2) is 12.2 Å².